The monoisotopic (exact) mass is 441 g/mol. The highest BCUT2D eigenvalue weighted by Crippen LogP contribution is 2.35. The minimum Gasteiger partial charge on any atom is -0.383 e. The number of methoxy groups -OCH3 is 1. The van der Waals surface area contributed by atoms with Crippen LogP contribution in [0.5, 0.6) is 0 Å². The van der Waals surface area contributed by atoms with Crippen LogP contribution in [0.4, 0.5) is 5.82 Å². The number of hydrogen-bond donors (Lipinski definition) is 3. The van der Waals surface area contributed by atoms with Crippen molar-refractivity contribution in [3.63, 3.8) is 0 Å². The SMILES string of the molecule is COCCNC(=O)Cn1nc2c(c1NC(=O)C(=O)c1c(C)[nH]c3ccccc13)CSC2. The van der Waals surface area contributed by atoms with Crippen molar-refractivity contribution in [2.45, 2.75) is 25.0 Å². The molecule has 3 heterocycles. The van der Waals surface area contributed by atoms with E-state index in [-0.39, 0.29) is 12.5 Å². The minimum absolute atomic E-state index is 0.0582. The number of H-pyrrole nitrogens is 1. The molecule has 0 saturated heterocycles. The summed E-state index contributed by atoms with van der Waals surface area (Å²) in [6.45, 7) is 2.49. The molecule has 1 aromatic carbocycles. The Hall–Kier alpha value is -3.11. The number of ketones is 1. The van der Waals surface area contributed by atoms with Crippen LogP contribution in [0.3, 0.4) is 0 Å². The predicted molar refractivity (Wildman–Crippen MR) is 118 cm³/mol. The number of anilines is 1. The van der Waals surface area contributed by atoms with E-state index < -0.39 is 11.7 Å². The summed E-state index contributed by atoms with van der Waals surface area (Å²) in [7, 11) is 1.56. The number of aromatic amines is 1. The van der Waals surface area contributed by atoms with Gasteiger partial charge in [0.1, 0.15) is 12.4 Å². The number of benzene rings is 1. The average molecular weight is 442 g/mol. The average Bonchev–Trinajstić information content (AvgIpc) is 3.41. The lowest BCUT2D eigenvalue weighted by Crippen LogP contribution is -2.32. The second-order valence-corrected chi connectivity index (χ2v) is 8.21. The van der Waals surface area contributed by atoms with E-state index in [1.165, 1.54) is 4.68 Å². The first kappa shape index (κ1) is 21.1. The van der Waals surface area contributed by atoms with Gasteiger partial charge in [-0.2, -0.15) is 16.9 Å². The molecule has 0 aliphatic carbocycles. The first-order chi connectivity index (χ1) is 15.0. The number of Topliss-reactive ketones (excluding diaryl/α,β-unsaturated/α-hetero) is 1. The molecule has 4 rings (SSSR count). The molecule has 0 saturated carbocycles. The molecule has 162 valence electrons. The fourth-order valence-electron chi connectivity index (χ4n) is 3.65. The Labute approximate surface area is 182 Å². The van der Waals surface area contributed by atoms with E-state index in [2.05, 4.69) is 20.7 Å². The molecule has 0 spiro atoms. The van der Waals surface area contributed by atoms with Crippen molar-refractivity contribution in [3.05, 3.63) is 46.8 Å². The molecule has 2 aromatic heterocycles. The second-order valence-electron chi connectivity index (χ2n) is 7.22. The summed E-state index contributed by atoms with van der Waals surface area (Å²) in [5.41, 5.74) is 3.45. The normalized spacial score (nSPS) is 12.7. The molecule has 0 radical (unpaired) electrons. The summed E-state index contributed by atoms with van der Waals surface area (Å²) in [5.74, 6) is 0.126. The highest BCUT2D eigenvalue weighted by molar-refractivity contribution is 7.98. The van der Waals surface area contributed by atoms with Crippen LogP contribution in [0.1, 0.15) is 27.3 Å². The molecule has 0 unspecified atom stereocenters. The highest BCUT2D eigenvalue weighted by Gasteiger charge is 2.28. The van der Waals surface area contributed by atoms with Gasteiger partial charge in [0.25, 0.3) is 11.7 Å². The van der Waals surface area contributed by atoms with Gasteiger partial charge in [0.2, 0.25) is 5.91 Å². The van der Waals surface area contributed by atoms with Gasteiger partial charge in [-0.25, -0.2) is 4.68 Å². The van der Waals surface area contributed by atoms with E-state index in [4.69, 9.17) is 4.74 Å². The highest BCUT2D eigenvalue weighted by atomic mass is 32.2. The molecule has 1 aliphatic rings. The Kier molecular flexibility index (Phi) is 6.10. The first-order valence-electron chi connectivity index (χ1n) is 9.84. The number of ether oxygens (including phenoxy) is 1. The Morgan fingerprint density at radius 3 is 2.87 bits per heavy atom. The smallest absolute Gasteiger partial charge is 0.298 e. The zero-order chi connectivity index (χ0) is 22.0. The van der Waals surface area contributed by atoms with Crippen LogP contribution in [0.25, 0.3) is 10.9 Å². The standard InChI is InChI=1S/C21H23N5O4S/c1-12-18(13-5-3-4-6-15(13)23-12)19(28)21(29)24-20-14-10-31-11-16(14)25-26(20)9-17(27)22-7-8-30-2/h3-6,23H,7-11H2,1-2H3,(H,22,27)(H,24,29). The van der Waals surface area contributed by atoms with Gasteiger partial charge >= 0.3 is 0 Å². The van der Waals surface area contributed by atoms with Gasteiger partial charge in [0, 0.05) is 47.3 Å². The van der Waals surface area contributed by atoms with Crippen LogP contribution < -0.4 is 10.6 Å². The molecule has 3 aromatic rings. The topological polar surface area (TPSA) is 118 Å². The maximum atomic E-state index is 13.0. The van der Waals surface area contributed by atoms with Crippen LogP contribution in [0.2, 0.25) is 0 Å². The van der Waals surface area contributed by atoms with Gasteiger partial charge < -0.3 is 20.4 Å². The van der Waals surface area contributed by atoms with Gasteiger partial charge in [0.05, 0.1) is 17.9 Å². The van der Waals surface area contributed by atoms with Crippen molar-refractivity contribution >= 4 is 46.1 Å². The van der Waals surface area contributed by atoms with E-state index in [9.17, 15) is 14.4 Å². The lowest BCUT2D eigenvalue weighted by atomic mass is 10.1. The number of carbonyl (C=O) groups is 3. The lowest BCUT2D eigenvalue weighted by Gasteiger charge is -2.11. The lowest BCUT2D eigenvalue weighted by molar-refractivity contribution is -0.122. The summed E-state index contributed by atoms with van der Waals surface area (Å²) in [5, 5.41) is 10.6. The number of aryl methyl sites for hydroxylation is 1. The Balaban J connectivity index is 1.57. The summed E-state index contributed by atoms with van der Waals surface area (Å²) < 4.78 is 6.39. The third-order valence-electron chi connectivity index (χ3n) is 5.10. The number of amides is 2. The van der Waals surface area contributed by atoms with Crippen molar-refractivity contribution in [2.24, 2.45) is 0 Å². The van der Waals surface area contributed by atoms with Crippen LogP contribution in [-0.2, 0) is 32.4 Å². The van der Waals surface area contributed by atoms with Gasteiger partial charge in [-0.15, -0.1) is 0 Å². The molecular weight excluding hydrogens is 418 g/mol. The number of aromatic nitrogens is 3. The molecule has 3 N–H and O–H groups in total. The number of nitrogens with one attached hydrogen (secondary N) is 3. The van der Waals surface area contributed by atoms with Crippen LogP contribution in [0, 0.1) is 6.92 Å². The van der Waals surface area contributed by atoms with E-state index in [1.54, 1.807) is 25.8 Å². The van der Waals surface area contributed by atoms with E-state index in [1.807, 2.05) is 24.3 Å². The maximum absolute atomic E-state index is 13.0. The van der Waals surface area contributed by atoms with Gasteiger partial charge in [-0.3, -0.25) is 14.4 Å². The predicted octanol–water partition coefficient (Wildman–Crippen LogP) is 2.00. The van der Waals surface area contributed by atoms with Gasteiger partial charge in [-0.1, -0.05) is 18.2 Å². The number of hydrogen-bond acceptors (Lipinski definition) is 6. The molecule has 31 heavy (non-hydrogen) atoms. The Bertz CT molecular complexity index is 1170. The Morgan fingerprint density at radius 1 is 1.26 bits per heavy atom. The number of para-hydroxylation sites is 1. The quantitative estimate of drug-likeness (QED) is 0.280. The second kappa shape index (κ2) is 8.94. The van der Waals surface area contributed by atoms with Gasteiger partial charge in [0.15, 0.2) is 0 Å². The zero-order valence-corrected chi connectivity index (χ0v) is 18.1. The third-order valence-corrected chi connectivity index (χ3v) is 6.07. The molecule has 9 nitrogen and oxygen atoms in total. The molecule has 1 aliphatic heterocycles. The Morgan fingerprint density at radius 2 is 2.06 bits per heavy atom. The first-order valence-corrected chi connectivity index (χ1v) is 11.0. The molecule has 10 heteroatoms. The molecular formula is C21H23N5O4S. The number of rotatable bonds is 8. The van der Waals surface area contributed by atoms with E-state index in [0.717, 1.165) is 16.8 Å². The van der Waals surface area contributed by atoms with Crippen LogP contribution in [0.15, 0.2) is 24.3 Å². The van der Waals surface area contributed by atoms with Crippen molar-refractivity contribution in [2.75, 3.05) is 25.6 Å². The van der Waals surface area contributed by atoms with Crippen LogP contribution >= 0.6 is 11.8 Å². The number of nitrogens with zero attached hydrogens (tertiary/aromatic N) is 2. The molecule has 0 fully saturated rings. The van der Waals surface area contributed by atoms with Crippen molar-refractivity contribution in [3.8, 4) is 0 Å². The summed E-state index contributed by atoms with van der Waals surface area (Å²) in [6.07, 6.45) is 0. The largest absolute Gasteiger partial charge is 0.383 e. The summed E-state index contributed by atoms with van der Waals surface area (Å²) in [4.78, 5) is 41.3. The molecule has 0 atom stereocenters. The van der Waals surface area contributed by atoms with Crippen molar-refractivity contribution < 1.29 is 19.1 Å². The third kappa shape index (κ3) is 4.21. The van der Waals surface area contributed by atoms with Crippen molar-refractivity contribution in [1.29, 1.82) is 0 Å². The van der Waals surface area contributed by atoms with E-state index >= 15 is 0 Å². The summed E-state index contributed by atoms with van der Waals surface area (Å²) in [6, 6.07) is 7.36. The molecule has 0 bridgehead atoms. The van der Waals surface area contributed by atoms with Crippen LogP contribution in [-0.4, -0.2) is 52.6 Å². The van der Waals surface area contributed by atoms with Gasteiger partial charge in [-0.05, 0) is 13.0 Å². The number of thioether (sulfide) groups is 1. The summed E-state index contributed by atoms with van der Waals surface area (Å²) >= 11 is 1.67. The maximum Gasteiger partial charge on any atom is 0.298 e. The fourth-order valence-corrected chi connectivity index (χ4v) is 4.69. The minimum atomic E-state index is -0.756. The fraction of sp³-hybridized carbons (Fsp3) is 0.333. The molecule has 2 amide bonds. The van der Waals surface area contributed by atoms with E-state index in [0.29, 0.717) is 47.1 Å². The van der Waals surface area contributed by atoms with Crippen molar-refractivity contribution in [1.82, 2.24) is 20.1 Å². The number of fused-ring (bicyclic) bond motifs is 2. The number of carbonyl (C=O) groups excluding carboxylic acids is 3. The zero-order valence-electron chi connectivity index (χ0n) is 17.3.